The molecule has 2 aromatic carbocycles. The number of fused-ring (bicyclic) bond motifs is 1. The van der Waals surface area contributed by atoms with E-state index in [1.54, 1.807) is 6.07 Å². The van der Waals surface area contributed by atoms with Gasteiger partial charge in [0.15, 0.2) is 0 Å². The molecule has 0 amide bonds. The van der Waals surface area contributed by atoms with Crippen molar-refractivity contribution in [3.05, 3.63) is 63.9 Å². The van der Waals surface area contributed by atoms with Crippen LogP contribution in [0.2, 0.25) is 0 Å². The van der Waals surface area contributed by atoms with E-state index in [4.69, 9.17) is 4.74 Å². The fourth-order valence-corrected chi connectivity index (χ4v) is 3.23. The van der Waals surface area contributed by atoms with Crippen LogP contribution >= 0.6 is 15.9 Å². The second-order valence-electron chi connectivity index (χ2n) is 5.15. The fourth-order valence-electron chi connectivity index (χ4n) is 2.71. The van der Waals surface area contributed by atoms with Crippen molar-refractivity contribution < 1.29 is 13.9 Å². The molecular formula is C17H14BrFO2. The van der Waals surface area contributed by atoms with Crippen LogP contribution in [0.25, 0.3) is 0 Å². The maximum absolute atomic E-state index is 13.4. The van der Waals surface area contributed by atoms with Crippen molar-refractivity contribution in [2.45, 2.75) is 18.8 Å². The zero-order valence-electron chi connectivity index (χ0n) is 11.3. The van der Waals surface area contributed by atoms with Gasteiger partial charge in [-0.1, -0.05) is 34.1 Å². The number of benzene rings is 2. The first-order chi connectivity index (χ1) is 10.1. The van der Waals surface area contributed by atoms with Gasteiger partial charge in [0.1, 0.15) is 17.3 Å². The molecule has 0 aliphatic carbocycles. The molecule has 1 unspecified atom stereocenters. The molecule has 0 radical (unpaired) electrons. The molecule has 108 valence electrons. The molecule has 0 saturated heterocycles. The van der Waals surface area contributed by atoms with Gasteiger partial charge in [0, 0.05) is 22.4 Å². The Bertz CT molecular complexity index is 664. The third-order valence-electron chi connectivity index (χ3n) is 3.65. The SMILES string of the molecule is O=C(Cc1cc(F)cc(Br)c1)C1CCOc2ccccc21. The first-order valence-corrected chi connectivity index (χ1v) is 7.62. The molecule has 2 aromatic rings. The van der Waals surface area contributed by atoms with E-state index >= 15 is 0 Å². The van der Waals surface area contributed by atoms with Crippen molar-refractivity contribution in [3.8, 4) is 5.75 Å². The highest BCUT2D eigenvalue weighted by Crippen LogP contribution is 2.34. The Labute approximate surface area is 131 Å². The predicted octanol–water partition coefficient (Wildman–Crippen LogP) is 4.27. The maximum Gasteiger partial charge on any atom is 0.144 e. The molecule has 0 aromatic heterocycles. The number of para-hydroxylation sites is 1. The lowest BCUT2D eigenvalue weighted by Crippen LogP contribution is -2.22. The number of halogens is 2. The summed E-state index contributed by atoms with van der Waals surface area (Å²) in [6, 6.07) is 12.2. The van der Waals surface area contributed by atoms with Gasteiger partial charge in [-0.3, -0.25) is 4.79 Å². The Kier molecular flexibility index (Phi) is 4.06. The largest absolute Gasteiger partial charge is 0.493 e. The van der Waals surface area contributed by atoms with E-state index in [9.17, 15) is 9.18 Å². The van der Waals surface area contributed by atoms with Gasteiger partial charge >= 0.3 is 0 Å². The van der Waals surface area contributed by atoms with Gasteiger partial charge < -0.3 is 4.74 Å². The minimum Gasteiger partial charge on any atom is -0.493 e. The molecule has 0 saturated carbocycles. The van der Waals surface area contributed by atoms with Crippen molar-refractivity contribution in [2.24, 2.45) is 0 Å². The molecule has 0 N–H and O–H groups in total. The average Bonchev–Trinajstić information content (AvgIpc) is 2.45. The van der Waals surface area contributed by atoms with Crippen LogP contribution < -0.4 is 4.74 Å². The molecule has 2 nitrogen and oxygen atoms in total. The number of ketones is 1. The van der Waals surface area contributed by atoms with Crippen LogP contribution in [0, 0.1) is 5.82 Å². The number of hydrogen-bond donors (Lipinski definition) is 0. The highest BCUT2D eigenvalue weighted by atomic mass is 79.9. The van der Waals surface area contributed by atoms with Crippen molar-refractivity contribution in [1.29, 1.82) is 0 Å². The van der Waals surface area contributed by atoms with Crippen molar-refractivity contribution >= 4 is 21.7 Å². The van der Waals surface area contributed by atoms with Crippen LogP contribution in [0.5, 0.6) is 5.75 Å². The summed E-state index contributed by atoms with van der Waals surface area (Å²) in [6.07, 6.45) is 0.904. The zero-order valence-corrected chi connectivity index (χ0v) is 12.9. The molecule has 1 atom stereocenters. The topological polar surface area (TPSA) is 26.3 Å². The summed E-state index contributed by atoms with van der Waals surface area (Å²) in [6.45, 7) is 0.542. The minimum absolute atomic E-state index is 0.100. The quantitative estimate of drug-likeness (QED) is 0.827. The summed E-state index contributed by atoms with van der Waals surface area (Å²) in [5.41, 5.74) is 1.63. The van der Waals surface area contributed by atoms with Crippen LogP contribution in [-0.4, -0.2) is 12.4 Å². The Morgan fingerprint density at radius 3 is 2.90 bits per heavy atom. The fraction of sp³-hybridized carbons (Fsp3) is 0.235. The summed E-state index contributed by atoms with van der Waals surface area (Å²) in [7, 11) is 0. The number of hydrogen-bond acceptors (Lipinski definition) is 2. The van der Waals surface area contributed by atoms with Gasteiger partial charge in [0.25, 0.3) is 0 Å². The lowest BCUT2D eigenvalue weighted by Gasteiger charge is -2.24. The smallest absolute Gasteiger partial charge is 0.144 e. The summed E-state index contributed by atoms with van der Waals surface area (Å²) < 4.78 is 19.6. The second kappa shape index (κ2) is 5.98. The molecular weight excluding hydrogens is 335 g/mol. The van der Waals surface area contributed by atoms with Crippen molar-refractivity contribution in [2.75, 3.05) is 6.61 Å². The Hall–Kier alpha value is -1.68. The van der Waals surface area contributed by atoms with Crippen LogP contribution in [0.4, 0.5) is 4.39 Å². The summed E-state index contributed by atoms with van der Waals surface area (Å²) in [4.78, 5) is 12.6. The number of carbonyl (C=O) groups is 1. The van der Waals surface area contributed by atoms with Crippen LogP contribution in [0.1, 0.15) is 23.5 Å². The maximum atomic E-state index is 13.4. The van der Waals surface area contributed by atoms with Gasteiger partial charge in [0.2, 0.25) is 0 Å². The Morgan fingerprint density at radius 1 is 1.29 bits per heavy atom. The molecule has 0 bridgehead atoms. The summed E-state index contributed by atoms with van der Waals surface area (Å²) >= 11 is 3.25. The molecule has 1 aliphatic heterocycles. The summed E-state index contributed by atoms with van der Waals surface area (Å²) in [5.74, 6) is 0.377. The normalized spacial score (nSPS) is 17.0. The van der Waals surface area contributed by atoms with E-state index in [1.807, 2.05) is 24.3 Å². The number of rotatable bonds is 3. The van der Waals surface area contributed by atoms with Gasteiger partial charge in [-0.25, -0.2) is 4.39 Å². The molecule has 4 heteroatoms. The zero-order chi connectivity index (χ0) is 14.8. The van der Waals surface area contributed by atoms with Gasteiger partial charge in [-0.15, -0.1) is 0 Å². The molecule has 1 aliphatic rings. The molecule has 0 fully saturated rings. The number of Topliss-reactive ketones (excluding diaryl/α,β-unsaturated/α-hetero) is 1. The van der Waals surface area contributed by atoms with Gasteiger partial charge in [0.05, 0.1) is 6.61 Å². The second-order valence-corrected chi connectivity index (χ2v) is 6.06. The molecule has 0 spiro atoms. The standard InChI is InChI=1S/C17H14BrFO2/c18-12-7-11(8-13(19)10-12)9-16(20)14-5-6-21-17-4-2-1-3-15(14)17/h1-4,7-8,10,14H,5-6,9H2. The Balaban J connectivity index is 1.83. The van der Waals surface area contributed by atoms with Gasteiger partial charge in [-0.2, -0.15) is 0 Å². The van der Waals surface area contributed by atoms with E-state index in [-0.39, 0.29) is 23.9 Å². The monoisotopic (exact) mass is 348 g/mol. The van der Waals surface area contributed by atoms with E-state index in [2.05, 4.69) is 15.9 Å². The van der Waals surface area contributed by atoms with E-state index in [0.29, 0.717) is 23.1 Å². The van der Waals surface area contributed by atoms with Crippen LogP contribution in [0.3, 0.4) is 0 Å². The van der Waals surface area contributed by atoms with Crippen molar-refractivity contribution in [3.63, 3.8) is 0 Å². The lowest BCUT2D eigenvalue weighted by atomic mass is 9.87. The van der Waals surface area contributed by atoms with E-state index < -0.39 is 0 Å². The van der Waals surface area contributed by atoms with Crippen LogP contribution in [0.15, 0.2) is 46.9 Å². The first kappa shape index (κ1) is 14.3. The average molecular weight is 349 g/mol. The van der Waals surface area contributed by atoms with E-state index in [0.717, 1.165) is 11.3 Å². The van der Waals surface area contributed by atoms with E-state index in [1.165, 1.54) is 12.1 Å². The lowest BCUT2D eigenvalue weighted by molar-refractivity contribution is -0.120. The first-order valence-electron chi connectivity index (χ1n) is 6.83. The predicted molar refractivity (Wildman–Crippen MR) is 82.1 cm³/mol. The highest BCUT2D eigenvalue weighted by molar-refractivity contribution is 9.10. The van der Waals surface area contributed by atoms with Crippen molar-refractivity contribution in [1.82, 2.24) is 0 Å². The third kappa shape index (κ3) is 3.16. The summed E-state index contributed by atoms with van der Waals surface area (Å²) in [5, 5.41) is 0. The number of carbonyl (C=O) groups excluding carboxylic acids is 1. The van der Waals surface area contributed by atoms with Gasteiger partial charge in [-0.05, 0) is 36.2 Å². The third-order valence-corrected chi connectivity index (χ3v) is 4.11. The molecule has 1 heterocycles. The number of ether oxygens (including phenoxy) is 1. The molecule has 3 rings (SSSR count). The van der Waals surface area contributed by atoms with Crippen LogP contribution in [-0.2, 0) is 11.2 Å². The minimum atomic E-state index is -0.334. The Morgan fingerprint density at radius 2 is 2.10 bits per heavy atom. The molecule has 21 heavy (non-hydrogen) atoms. The highest BCUT2D eigenvalue weighted by Gasteiger charge is 2.27.